The first-order chi connectivity index (χ1) is 14.0. The van der Waals surface area contributed by atoms with Gasteiger partial charge < -0.3 is 15.2 Å². The van der Waals surface area contributed by atoms with Crippen molar-refractivity contribution in [1.82, 2.24) is 9.88 Å². The quantitative estimate of drug-likeness (QED) is 0.596. The van der Waals surface area contributed by atoms with E-state index in [1.165, 1.54) is 6.07 Å². The van der Waals surface area contributed by atoms with Crippen LogP contribution in [0.2, 0.25) is 0 Å². The molecule has 0 saturated carbocycles. The van der Waals surface area contributed by atoms with E-state index in [0.29, 0.717) is 31.4 Å². The zero-order valence-electron chi connectivity index (χ0n) is 16.3. The lowest BCUT2D eigenvalue weighted by molar-refractivity contribution is -0.100. The molecule has 0 spiro atoms. The summed E-state index contributed by atoms with van der Waals surface area (Å²) in [5.41, 5.74) is 1.84. The van der Waals surface area contributed by atoms with Crippen LogP contribution in [-0.4, -0.2) is 45.3 Å². The maximum atomic E-state index is 14.4. The van der Waals surface area contributed by atoms with Gasteiger partial charge in [0, 0.05) is 42.4 Å². The molecule has 1 fully saturated rings. The van der Waals surface area contributed by atoms with E-state index in [2.05, 4.69) is 16.5 Å². The maximum absolute atomic E-state index is 14.4. The molecule has 2 unspecified atom stereocenters. The molecule has 2 heterocycles. The fraction of sp³-hybridized carbons (Fsp3) is 0.333. The number of phenolic OH excluding ortho intramolecular Hbond substituents is 1. The monoisotopic (exact) mass is 392 g/mol. The predicted octanol–water partition coefficient (Wildman–Crippen LogP) is 3.67. The Morgan fingerprint density at radius 2 is 2.03 bits per heavy atom. The van der Waals surface area contributed by atoms with Gasteiger partial charge in [-0.15, -0.1) is 6.58 Å². The summed E-state index contributed by atoms with van der Waals surface area (Å²) in [4.78, 5) is 5.52. The van der Waals surface area contributed by atoms with Gasteiger partial charge in [-0.1, -0.05) is 30.3 Å². The number of fused-ring (bicyclic) bond motifs is 4. The number of aromatic amines is 1. The third-order valence-corrected chi connectivity index (χ3v) is 6.94. The Bertz CT molecular complexity index is 1110. The summed E-state index contributed by atoms with van der Waals surface area (Å²) >= 11 is 0. The Balaban J connectivity index is 1.70. The van der Waals surface area contributed by atoms with Gasteiger partial charge in [-0.05, 0) is 42.3 Å². The van der Waals surface area contributed by atoms with E-state index in [9.17, 15) is 14.6 Å². The van der Waals surface area contributed by atoms with E-state index in [4.69, 9.17) is 0 Å². The van der Waals surface area contributed by atoms with E-state index >= 15 is 0 Å². The predicted molar refractivity (Wildman–Crippen MR) is 112 cm³/mol. The van der Waals surface area contributed by atoms with Crippen molar-refractivity contribution in [3.63, 3.8) is 0 Å². The molecule has 29 heavy (non-hydrogen) atoms. The lowest BCUT2D eigenvalue weighted by Crippen LogP contribution is -2.66. The van der Waals surface area contributed by atoms with Crippen LogP contribution in [0.3, 0.4) is 0 Å². The Labute approximate surface area is 169 Å². The van der Waals surface area contributed by atoms with E-state index in [1.807, 2.05) is 24.3 Å². The zero-order chi connectivity index (χ0) is 20.2. The van der Waals surface area contributed by atoms with Crippen LogP contribution in [0, 0.1) is 5.82 Å². The Hall–Kier alpha value is -2.63. The van der Waals surface area contributed by atoms with Crippen LogP contribution >= 0.6 is 0 Å². The van der Waals surface area contributed by atoms with Crippen molar-refractivity contribution in [3.05, 3.63) is 77.8 Å². The molecule has 4 nitrogen and oxygen atoms in total. The van der Waals surface area contributed by atoms with Crippen LogP contribution in [0.4, 0.5) is 4.39 Å². The number of halogens is 1. The van der Waals surface area contributed by atoms with Crippen LogP contribution in [0.1, 0.15) is 23.2 Å². The molecule has 1 aromatic heterocycles. The molecule has 1 saturated heterocycles. The minimum Gasteiger partial charge on any atom is -0.508 e. The first kappa shape index (κ1) is 18.4. The molecule has 150 valence electrons. The molecule has 1 aliphatic carbocycles. The fourth-order valence-corrected chi connectivity index (χ4v) is 5.56. The minimum absolute atomic E-state index is 0.196. The molecule has 2 aliphatic rings. The summed E-state index contributed by atoms with van der Waals surface area (Å²) in [6, 6.07) is 12.3. The highest BCUT2D eigenvalue weighted by Gasteiger charge is 2.57. The molecule has 0 radical (unpaired) electrons. The first-order valence-electron chi connectivity index (χ1n) is 10.1. The number of benzene rings is 2. The molecule has 0 amide bonds. The molecular formula is C24H25FN2O2. The number of hydrogen-bond donors (Lipinski definition) is 3. The topological polar surface area (TPSA) is 59.5 Å². The number of aromatic hydroxyl groups is 1. The smallest absolute Gasteiger partial charge is 0.147 e. The molecule has 1 aliphatic heterocycles. The summed E-state index contributed by atoms with van der Waals surface area (Å²) in [6.07, 6.45) is 3.63. The van der Waals surface area contributed by atoms with Crippen LogP contribution in [0.25, 0.3) is 10.9 Å². The van der Waals surface area contributed by atoms with Crippen LogP contribution in [0.15, 0.2) is 55.1 Å². The second-order valence-corrected chi connectivity index (χ2v) is 8.54. The van der Waals surface area contributed by atoms with E-state index in [1.54, 1.807) is 18.2 Å². The maximum Gasteiger partial charge on any atom is 0.147 e. The van der Waals surface area contributed by atoms with E-state index in [-0.39, 0.29) is 11.6 Å². The van der Waals surface area contributed by atoms with Gasteiger partial charge in [-0.25, -0.2) is 4.39 Å². The molecule has 3 aromatic rings. The summed E-state index contributed by atoms with van der Waals surface area (Å²) in [5, 5.41) is 23.1. The molecule has 5 rings (SSSR count). The number of phenols is 1. The normalized spacial score (nSPS) is 26.8. The number of likely N-dealkylation sites (tertiary alicyclic amines) is 1. The van der Waals surface area contributed by atoms with Gasteiger partial charge in [-0.3, -0.25) is 4.90 Å². The molecule has 2 atom stereocenters. The lowest BCUT2D eigenvalue weighted by atomic mass is 9.56. The summed E-state index contributed by atoms with van der Waals surface area (Å²) < 4.78 is 14.4. The number of H-pyrrole nitrogens is 1. The van der Waals surface area contributed by atoms with Crippen molar-refractivity contribution in [3.8, 4) is 5.75 Å². The van der Waals surface area contributed by atoms with Crippen molar-refractivity contribution < 1.29 is 14.6 Å². The highest BCUT2D eigenvalue weighted by Crippen LogP contribution is 2.51. The minimum atomic E-state index is -1.03. The average molecular weight is 392 g/mol. The van der Waals surface area contributed by atoms with E-state index < -0.39 is 11.0 Å². The van der Waals surface area contributed by atoms with Crippen molar-refractivity contribution in [2.45, 2.75) is 30.3 Å². The SMILES string of the molecule is C=CCN1CCC2(c3cccc(O)c3)Cc3[nH]c4c(F)cccc4c3CC2(O)C1. The summed E-state index contributed by atoms with van der Waals surface area (Å²) in [7, 11) is 0. The highest BCUT2D eigenvalue weighted by atomic mass is 19.1. The van der Waals surface area contributed by atoms with Crippen molar-refractivity contribution in [1.29, 1.82) is 0 Å². The summed E-state index contributed by atoms with van der Waals surface area (Å²) in [5.74, 6) is -0.0761. The second kappa shape index (κ2) is 6.44. The number of nitrogens with one attached hydrogen (secondary N) is 1. The third-order valence-electron chi connectivity index (χ3n) is 6.94. The number of para-hydroxylation sites is 1. The van der Waals surface area contributed by atoms with Gasteiger partial charge >= 0.3 is 0 Å². The standard InChI is InChI=1S/C24H25FN2O2/c1-2-10-27-11-9-23(16-5-3-6-17(28)12-16)14-21-19(13-24(23,29)15-27)18-7-4-8-20(25)22(18)26-21/h2-8,12,26,28-29H,1,9-11,13-15H2. The molecule has 2 aromatic carbocycles. The number of piperidine rings is 1. The Kier molecular flexibility index (Phi) is 4.09. The Morgan fingerprint density at radius 1 is 1.21 bits per heavy atom. The van der Waals surface area contributed by atoms with Crippen LogP contribution < -0.4 is 0 Å². The number of aliphatic hydroxyl groups is 1. The second-order valence-electron chi connectivity index (χ2n) is 8.54. The molecule has 3 N–H and O–H groups in total. The molecule has 5 heteroatoms. The van der Waals surface area contributed by atoms with Gasteiger partial charge in [0.05, 0.1) is 11.1 Å². The lowest BCUT2D eigenvalue weighted by Gasteiger charge is -2.56. The third kappa shape index (κ3) is 2.65. The fourth-order valence-electron chi connectivity index (χ4n) is 5.56. The largest absolute Gasteiger partial charge is 0.508 e. The van der Waals surface area contributed by atoms with Gasteiger partial charge in [-0.2, -0.15) is 0 Å². The molecule has 0 bridgehead atoms. The highest BCUT2D eigenvalue weighted by molar-refractivity contribution is 5.86. The molecular weight excluding hydrogens is 367 g/mol. The van der Waals surface area contributed by atoms with Gasteiger partial charge in [0.25, 0.3) is 0 Å². The van der Waals surface area contributed by atoms with Gasteiger partial charge in [0.15, 0.2) is 0 Å². The number of β-amino-alcohol motifs (C(OH)–C–C–N with tert-alkyl or cyclic N) is 1. The van der Waals surface area contributed by atoms with Gasteiger partial charge in [0.2, 0.25) is 0 Å². The van der Waals surface area contributed by atoms with Crippen LogP contribution in [-0.2, 0) is 18.3 Å². The first-order valence-corrected chi connectivity index (χ1v) is 10.1. The van der Waals surface area contributed by atoms with Crippen molar-refractivity contribution in [2.75, 3.05) is 19.6 Å². The average Bonchev–Trinajstić information content (AvgIpc) is 3.04. The number of aromatic nitrogens is 1. The summed E-state index contributed by atoms with van der Waals surface area (Å²) in [6.45, 7) is 5.90. The Morgan fingerprint density at radius 3 is 2.83 bits per heavy atom. The number of hydrogen-bond acceptors (Lipinski definition) is 3. The number of rotatable bonds is 3. The van der Waals surface area contributed by atoms with E-state index in [0.717, 1.165) is 35.2 Å². The number of nitrogens with zero attached hydrogens (tertiary/aromatic N) is 1. The zero-order valence-corrected chi connectivity index (χ0v) is 16.3. The van der Waals surface area contributed by atoms with Crippen LogP contribution in [0.5, 0.6) is 5.75 Å². The van der Waals surface area contributed by atoms with Crippen molar-refractivity contribution in [2.24, 2.45) is 0 Å². The van der Waals surface area contributed by atoms with Crippen molar-refractivity contribution >= 4 is 10.9 Å². The van der Waals surface area contributed by atoms with Gasteiger partial charge in [0.1, 0.15) is 11.6 Å².